The Morgan fingerprint density at radius 2 is 1.73 bits per heavy atom. The van der Waals surface area contributed by atoms with E-state index in [2.05, 4.69) is 20.9 Å². The molecule has 1 aromatic heterocycles. The molecule has 0 saturated carbocycles. The molecule has 33 heavy (non-hydrogen) atoms. The van der Waals surface area contributed by atoms with Gasteiger partial charge < -0.3 is 9.47 Å². The summed E-state index contributed by atoms with van der Waals surface area (Å²) < 4.78 is 15.9. The Morgan fingerprint density at radius 1 is 1.00 bits per heavy atom. The standard InChI is InChI=1S/C26H24BrN3O3/c1-18-25(26(31)30(29(18)2)22-7-5-4-6-8-22)28-16-20-11-14-23(24(15-20)32-3)33-17-19-9-12-21(27)13-10-19/h4-16H,17H2,1-3H3. The molecule has 0 fully saturated rings. The van der Waals surface area contributed by atoms with Crippen molar-refractivity contribution in [3.63, 3.8) is 0 Å². The van der Waals surface area contributed by atoms with Crippen molar-refractivity contribution in [2.45, 2.75) is 13.5 Å². The van der Waals surface area contributed by atoms with Crippen LogP contribution in [0.5, 0.6) is 11.5 Å². The predicted octanol–water partition coefficient (Wildman–Crippen LogP) is 5.59. The maximum absolute atomic E-state index is 13.0. The van der Waals surface area contributed by atoms with Crippen LogP contribution in [0.1, 0.15) is 16.8 Å². The van der Waals surface area contributed by atoms with Gasteiger partial charge in [-0.3, -0.25) is 9.48 Å². The fourth-order valence-corrected chi connectivity index (χ4v) is 3.73. The summed E-state index contributed by atoms with van der Waals surface area (Å²) in [5, 5.41) is 0. The van der Waals surface area contributed by atoms with Crippen LogP contribution in [0, 0.1) is 6.92 Å². The number of hydrogen-bond acceptors (Lipinski definition) is 4. The summed E-state index contributed by atoms with van der Waals surface area (Å²) in [4.78, 5) is 17.5. The maximum atomic E-state index is 13.0. The molecular weight excluding hydrogens is 482 g/mol. The smallest absolute Gasteiger partial charge is 0.297 e. The summed E-state index contributed by atoms with van der Waals surface area (Å²) in [6.45, 7) is 2.31. The monoisotopic (exact) mass is 505 g/mol. The average molecular weight is 506 g/mol. The molecule has 4 rings (SSSR count). The molecule has 0 saturated heterocycles. The van der Waals surface area contributed by atoms with Gasteiger partial charge in [-0.15, -0.1) is 0 Å². The van der Waals surface area contributed by atoms with Gasteiger partial charge in [-0.05, 0) is 60.5 Å². The minimum Gasteiger partial charge on any atom is -0.493 e. The largest absolute Gasteiger partial charge is 0.493 e. The molecule has 0 spiro atoms. The van der Waals surface area contributed by atoms with Gasteiger partial charge in [0.1, 0.15) is 6.61 Å². The van der Waals surface area contributed by atoms with Crippen molar-refractivity contribution in [2.24, 2.45) is 12.0 Å². The maximum Gasteiger partial charge on any atom is 0.297 e. The highest BCUT2D eigenvalue weighted by Crippen LogP contribution is 2.29. The van der Waals surface area contributed by atoms with Crippen LogP contribution in [0.2, 0.25) is 0 Å². The van der Waals surface area contributed by atoms with E-state index in [9.17, 15) is 4.79 Å². The zero-order valence-electron chi connectivity index (χ0n) is 18.7. The van der Waals surface area contributed by atoms with E-state index in [-0.39, 0.29) is 5.56 Å². The fourth-order valence-electron chi connectivity index (χ4n) is 3.47. The van der Waals surface area contributed by atoms with Crippen LogP contribution in [0.3, 0.4) is 0 Å². The Morgan fingerprint density at radius 3 is 2.42 bits per heavy atom. The van der Waals surface area contributed by atoms with Crippen LogP contribution >= 0.6 is 15.9 Å². The van der Waals surface area contributed by atoms with Gasteiger partial charge in [-0.25, -0.2) is 9.67 Å². The van der Waals surface area contributed by atoms with Gasteiger partial charge in [-0.1, -0.05) is 46.3 Å². The lowest BCUT2D eigenvalue weighted by molar-refractivity contribution is 0.284. The molecule has 168 valence electrons. The van der Waals surface area contributed by atoms with Gasteiger partial charge in [0.25, 0.3) is 5.56 Å². The van der Waals surface area contributed by atoms with Gasteiger partial charge in [0.15, 0.2) is 17.2 Å². The summed E-state index contributed by atoms with van der Waals surface area (Å²) in [5.74, 6) is 1.24. The molecule has 0 aliphatic carbocycles. The highest BCUT2D eigenvalue weighted by Gasteiger charge is 2.15. The zero-order chi connectivity index (χ0) is 23.4. The Bertz CT molecular complexity index is 1340. The predicted molar refractivity (Wildman–Crippen MR) is 134 cm³/mol. The van der Waals surface area contributed by atoms with Crippen LogP contribution in [0.25, 0.3) is 5.69 Å². The molecule has 0 atom stereocenters. The molecule has 4 aromatic rings. The van der Waals surface area contributed by atoms with Gasteiger partial charge in [0.05, 0.1) is 18.5 Å². The van der Waals surface area contributed by atoms with Crippen molar-refractivity contribution in [1.29, 1.82) is 0 Å². The second-order valence-electron chi connectivity index (χ2n) is 7.49. The summed E-state index contributed by atoms with van der Waals surface area (Å²) in [5.41, 5.74) is 3.66. The Labute approximate surface area is 200 Å². The number of hydrogen-bond donors (Lipinski definition) is 0. The SMILES string of the molecule is COc1cc(C=Nc2c(C)n(C)n(-c3ccccc3)c2=O)ccc1OCc1ccc(Br)cc1. The van der Waals surface area contributed by atoms with Crippen LogP contribution in [0.4, 0.5) is 5.69 Å². The first kappa shape index (κ1) is 22.6. The van der Waals surface area contributed by atoms with Gasteiger partial charge in [0.2, 0.25) is 0 Å². The summed E-state index contributed by atoms with van der Waals surface area (Å²) >= 11 is 3.43. The average Bonchev–Trinajstić information content (AvgIpc) is 3.05. The fraction of sp³-hybridized carbons (Fsp3) is 0.154. The number of aliphatic imine (C=N–C) groups is 1. The third-order valence-corrected chi connectivity index (χ3v) is 5.89. The van der Waals surface area contributed by atoms with Crippen LogP contribution in [0.15, 0.2) is 87.1 Å². The van der Waals surface area contributed by atoms with Crippen molar-refractivity contribution in [2.75, 3.05) is 7.11 Å². The molecule has 0 aliphatic rings. The summed E-state index contributed by atoms with van der Waals surface area (Å²) in [7, 11) is 3.45. The molecule has 7 heteroatoms. The quantitative estimate of drug-likeness (QED) is 0.308. The topological polar surface area (TPSA) is 57.8 Å². The molecule has 0 unspecified atom stereocenters. The van der Waals surface area contributed by atoms with Crippen molar-refractivity contribution in [3.05, 3.63) is 104 Å². The number of nitrogens with zero attached hydrogens (tertiary/aromatic N) is 3. The van der Waals surface area contributed by atoms with E-state index in [4.69, 9.17) is 9.47 Å². The van der Waals surface area contributed by atoms with Gasteiger partial charge >= 0.3 is 0 Å². The highest BCUT2D eigenvalue weighted by molar-refractivity contribution is 9.10. The third kappa shape index (κ3) is 4.93. The normalized spacial score (nSPS) is 11.2. The lowest BCUT2D eigenvalue weighted by Gasteiger charge is -2.11. The molecule has 0 radical (unpaired) electrons. The first-order valence-electron chi connectivity index (χ1n) is 10.4. The van der Waals surface area contributed by atoms with E-state index in [1.807, 2.05) is 91.4 Å². The first-order chi connectivity index (χ1) is 16.0. The van der Waals surface area contributed by atoms with Crippen molar-refractivity contribution >= 4 is 27.8 Å². The highest BCUT2D eigenvalue weighted by atomic mass is 79.9. The molecule has 0 bridgehead atoms. The second kappa shape index (κ2) is 9.92. The van der Waals surface area contributed by atoms with E-state index in [1.54, 1.807) is 18.0 Å². The Kier molecular flexibility index (Phi) is 6.79. The van der Waals surface area contributed by atoms with Crippen molar-refractivity contribution in [3.8, 4) is 17.2 Å². The van der Waals surface area contributed by atoms with E-state index in [0.29, 0.717) is 23.8 Å². The van der Waals surface area contributed by atoms with Crippen LogP contribution < -0.4 is 15.0 Å². The van der Waals surface area contributed by atoms with Crippen LogP contribution in [-0.2, 0) is 13.7 Å². The minimum absolute atomic E-state index is 0.168. The number of halogens is 1. The lowest BCUT2D eigenvalue weighted by Crippen LogP contribution is -2.19. The van der Waals surface area contributed by atoms with E-state index in [0.717, 1.165) is 27.0 Å². The molecule has 3 aromatic carbocycles. The minimum atomic E-state index is -0.168. The summed E-state index contributed by atoms with van der Waals surface area (Å²) in [6, 6.07) is 23.1. The Balaban J connectivity index is 1.56. The number of ether oxygens (including phenoxy) is 2. The lowest BCUT2D eigenvalue weighted by atomic mass is 10.2. The number of aromatic nitrogens is 2. The first-order valence-corrected chi connectivity index (χ1v) is 11.2. The number of benzene rings is 3. The molecule has 6 nitrogen and oxygen atoms in total. The number of rotatable bonds is 7. The second-order valence-corrected chi connectivity index (χ2v) is 8.41. The number of methoxy groups -OCH3 is 1. The third-order valence-electron chi connectivity index (χ3n) is 5.36. The van der Waals surface area contributed by atoms with Crippen molar-refractivity contribution < 1.29 is 9.47 Å². The Hall–Kier alpha value is -3.58. The van der Waals surface area contributed by atoms with E-state index >= 15 is 0 Å². The van der Waals surface area contributed by atoms with Gasteiger partial charge in [0, 0.05) is 17.7 Å². The van der Waals surface area contributed by atoms with Crippen LogP contribution in [-0.4, -0.2) is 22.7 Å². The molecule has 1 heterocycles. The van der Waals surface area contributed by atoms with Gasteiger partial charge in [-0.2, -0.15) is 0 Å². The molecule has 0 amide bonds. The number of para-hydroxylation sites is 1. The van der Waals surface area contributed by atoms with E-state index in [1.165, 1.54) is 0 Å². The zero-order valence-corrected chi connectivity index (χ0v) is 20.2. The van der Waals surface area contributed by atoms with E-state index < -0.39 is 0 Å². The van der Waals surface area contributed by atoms with Crippen molar-refractivity contribution in [1.82, 2.24) is 9.36 Å². The summed E-state index contributed by atoms with van der Waals surface area (Å²) in [6.07, 6.45) is 1.67. The molecule has 0 aliphatic heterocycles. The molecule has 0 N–H and O–H groups in total. The molecular formula is C26H24BrN3O3.